The molecule has 0 N–H and O–H groups in total. The summed E-state index contributed by atoms with van der Waals surface area (Å²) in [5.74, 6) is 0.965. The fourth-order valence-electron chi connectivity index (χ4n) is 2.81. The first-order valence-electron chi connectivity index (χ1n) is 6.78. The van der Waals surface area contributed by atoms with Gasteiger partial charge in [-0.1, -0.05) is 17.7 Å². The summed E-state index contributed by atoms with van der Waals surface area (Å²) in [6, 6.07) is 8.66. The van der Waals surface area contributed by atoms with E-state index in [1.165, 1.54) is 17.5 Å². The molecule has 0 fully saturated rings. The third-order valence-corrected chi connectivity index (χ3v) is 3.86. The van der Waals surface area contributed by atoms with E-state index in [2.05, 4.69) is 47.7 Å². The van der Waals surface area contributed by atoms with Crippen LogP contribution in [0.2, 0.25) is 0 Å². The highest BCUT2D eigenvalue weighted by Gasteiger charge is 2.21. The van der Waals surface area contributed by atoms with Gasteiger partial charge in [0.25, 0.3) is 0 Å². The molecule has 2 heterocycles. The molecule has 0 amide bonds. The number of aromatic nitrogens is 2. The van der Waals surface area contributed by atoms with Gasteiger partial charge in [0.15, 0.2) is 5.69 Å². The van der Waals surface area contributed by atoms with Gasteiger partial charge < -0.3 is 4.57 Å². The summed E-state index contributed by atoms with van der Waals surface area (Å²) in [5.41, 5.74) is 5.32. The molecule has 0 bridgehead atoms. The molecule has 1 aromatic heterocycles. The Labute approximate surface area is 113 Å². The summed E-state index contributed by atoms with van der Waals surface area (Å²) >= 11 is 0. The normalized spacial score (nSPS) is 13.9. The van der Waals surface area contributed by atoms with Crippen LogP contribution in [0.1, 0.15) is 35.4 Å². The summed E-state index contributed by atoms with van der Waals surface area (Å²) in [6.07, 6.45) is 3.31. The molecular formula is C16H17N3. The SMILES string of the molecule is Cc1ccc(C)c(-c2nc(C#N)c3n2CCCC3)c1. The van der Waals surface area contributed by atoms with Gasteiger partial charge in [0, 0.05) is 12.1 Å². The quantitative estimate of drug-likeness (QED) is 0.779. The molecule has 0 spiro atoms. The van der Waals surface area contributed by atoms with E-state index in [-0.39, 0.29) is 0 Å². The summed E-state index contributed by atoms with van der Waals surface area (Å²) < 4.78 is 2.24. The number of rotatable bonds is 1. The fraction of sp³-hybridized carbons (Fsp3) is 0.375. The Hall–Kier alpha value is -2.08. The molecule has 3 nitrogen and oxygen atoms in total. The van der Waals surface area contributed by atoms with Gasteiger partial charge in [-0.3, -0.25) is 0 Å². The van der Waals surface area contributed by atoms with Crippen molar-refractivity contribution in [3.63, 3.8) is 0 Å². The topological polar surface area (TPSA) is 41.6 Å². The predicted octanol–water partition coefficient (Wildman–Crippen LogP) is 3.37. The third kappa shape index (κ3) is 1.94. The van der Waals surface area contributed by atoms with E-state index in [9.17, 15) is 5.26 Å². The van der Waals surface area contributed by atoms with E-state index >= 15 is 0 Å². The highest BCUT2D eigenvalue weighted by Crippen LogP contribution is 2.29. The summed E-state index contributed by atoms with van der Waals surface area (Å²) in [4.78, 5) is 4.58. The second-order valence-electron chi connectivity index (χ2n) is 5.27. The number of nitriles is 1. The summed E-state index contributed by atoms with van der Waals surface area (Å²) in [7, 11) is 0. The Morgan fingerprint density at radius 1 is 1.26 bits per heavy atom. The molecule has 3 rings (SSSR count). The number of nitrogens with zero attached hydrogens (tertiary/aromatic N) is 3. The Balaban J connectivity index is 2.23. The molecule has 0 radical (unpaired) electrons. The van der Waals surface area contributed by atoms with E-state index in [0.29, 0.717) is 5.69 Å². The number of benzene rings is 1. The van der Waals surface area contributed by atoms with Gasteiger partial charge in [-0.15, -0.1) is 0 Å². The second-order valence-corrected chi connectivity index (χ2v) is 5.27. The van der Waals surface area contributed by atoms with Gasteiger partial charge in [0.1, 0.15) is 11.9 Å². The lowest BCUT2D eigenvalue weighted by Crippen LogP contribution is -2.11. The molecule has 19 heavy (non-hydrogen) atoms. The maximum Gasteiger partial charge on any atom is 0.162 e. The Morgan fingerprint density at radius 2 is 2.11 bits per heavy atom. The highest BCUT2D eigenvalue weighted by molar-refractivity contribution is 5.63. The van der Waals surface area contributed by atoms with E-state index < -0.39 is 0 Å². The van der Waals surface area contributed by atoms with Crippen molar-refractivity contribution >= 4 is 0 Å². The minimum absolute atomic E-state index is 0.607. The molecule has 96 valence electrons. The van der Waals surface area contributed by atoms with Gasteiger partial charge in [0.05, 0.1) is 5.69 Å². The number of imidazole rings is 1. The Kier molecular flexibility index (Phi) is 2.87. The van der Waals surface area contributed by atoms with Crippen molar-refractivity contribution in [1.29, 1.82) is 5.26 Å². The van der Waals surface area contributed by atoms with Crippen LogP contribution in [-0.2, 0) is 13.0 Å². The average Bonchev–Trinajstić information content (AvgIpc) is 2.80. The average molecular weight is 251 g/mol. The molecule has 0 atom stereocenters. The zero-order valence-corrected chi connectivity index (χ0v) is 11.4. The Bertz CT molecular complexity index is 674. The van der Waals surface area contributed by atoms with E-state index in [0.717, 1.165) is 36.5 Å². The van der Waals surface area contributed by atoms with Crippen molar-refractivity contribution in [2.75, 3.05) is 0 Å². The third-order valence-electron chi connectivity index (χ3n) is 3.86. The van der Waals surface area contributed by atoms with E-state index in [1.807, 2.05) is 0 Å². The van der Waals surface area contributed by atoms with Crippen LogP contribution in [0, 0.1) is 25.2 Å². The molecule has 1 aliphatic rings. The lowest BCUT2D eigenvalue weighted by atomic mass is 10.0. The molecule has 3 heteroatoms. The fourth-order valence-corrected chi connectivity index (χ4v) is 2.81. The molecule has 2 aromatic rings. The minimum Gasteiger partial charge on any atom is -0.327 e. The number of aryl methyl sites for hydroxylation is 2. The van der Waals surface area contributed by atoms with Crippen molar-refractivity contribution in [3.8, 4) is 17.5 Å². The Morgan fingerprint density at radius 3 is 2.89 bits per heavy atom. The van der Waals surface area contributed by atoms with Crippen molar-refractivity contribution in [1.82, 2.24) is 9.55 Å². The maximum atomic E-state index is 9.25. The first-order chi connectivity index (χ1) is 9.20. The molecule has 0 saturated carbocycles. The molecule has 0 saturated heterocycles. The van der Waals surface area contributed by atoms with Gasteiger partial charge in [-0.05, 0) is 44.7 Å². The number of fused-ring (bicyclic) bond motifs is 1. The van der Waals surface area contributed by atoms with Crippen molar-refractivity contribution < 1.29 is 0 Å². The van der Waals surface area contributed by atoms with Gasteiger partial charge in [0.2, 0.25) is 0 Å². The smallest absolute Gasteiger partial charge is 0.162 e. The molecule has 0 unspecified atom stereocenters. The lowest BCUT2D eigenvalue weighted by Gasteiger charge is -2.17. The van der Waals surface area contributed by atoms with Crippen LogP contribution in [0.5, 0.6) is 0 Å². The number of hydrogen-bond donors (Lipinski definition) is 0. The van der Waals surface area contributed by atoms with Crippen molar-refractivity contribution in [2.45, 2.75) is 39.7 Å². The highest BCUT2D eigenvalue weighted by atomic mass is 15.1. The zero-order chi connectivity index (χ0) is 13.4. The first kappa shape index (κ1) is 12.0. The van der Waals surface area contributed by atoms with E-state index in [1.54, 1.807) is 0 Å². The predicted molar refractivity (Wildman–Crippen MR) is 74.8 cm³/mol. The maximum absolute atomic E-state index is 9.25. The minimum atomic E-state index is 0.607. The molecule has 0 aliphatic carbocycles. The summed E-state index contributed by atoms with van der Waals surface area (Å²) in [6.45, 7) is 5.17. The van der Waals surface area contributed by atoms with Gasteiger partial charge in [-0.25, -0.2) is 4.98 Å². The van der Waals surface area contributed by atoms with Crippen LogP contribution in [-0.4, -0.2) is 9.55 Å². The lowest BCUT2D eigenvalue weighted by molar-refractivity contribution is 0.535. The largest absolute Gasteiger partial charge is 0.327 e. The van der Waals surface area contributed by atoms with Crippen LogP contribution in [0.25, 0.3) is 11.4 Å². The van der Waals surface area contributed by atoms with Crippen molar-refractivity contribution in [3.05, 3.63) is 40.7 Å². The van der Waals surface area contributed by atoms with Crippen LogP contribution >= 0.6 is 0 Å². The van der Waals surface area contributed by atoms with Crippen LogP contribution in [0.3, 0.4) is 0 Å². The van der Waals surface area contributed by atoms with Crippen LogP contribution in [0.4, 0.5) is 0 Å². The van der Waals surface area contributed by atoms with E-state index in [4.69, 9.17) is 0 Å². The van der Waals surface area contributed by atoms with Gasteiger partial charge >= 0.3 is 0 Å². The zero-order valence-electron chi connectivity index (χ0n) is 11.4. The first-order valence-corrected chi connectivity index (χ1v) is 6.78. The molecule has 1 aliphatic heterocycles. The monoisotopic (exact) mass is 251 g/mol. The number of hydrogen-bond acceptors (Lipinski definition) is 2. The molecule has 1 aromatic carbocycles. The van der Waals surface area contributed by atoms with Gasteiger partial charge in [-0.2, -0.15) is 5.26 Å². The van der Waals surface area contributed by atoms with Crippen LogP contribution in [0.15, 0.2) is 18.2 Å². The second kappa shape index (κ2) is 4.55. The standard InChI is InChI=1S/C16H17N3/c1-11-6-7-12(2)13(9-11)16-18-14(10-17)15-5-3-4-8-19(15)16/h6-7,9H,3-5,8H2,1-2H3. The van der Waals surface area contributed by atoms with Crippen molar-refractivity contribution in [2.24, 2.45) is 0 Å². The summed E-state index contributed by atoms with van der Waals surface area (Å²) in [5, 5.41) is 9.25. The van der Waals surface area contributed by atoms with Crippen LogP contribution < -0.4 is 0 Å². The molecular weight excluding hydrogens is 234 g/mol.